The van der Waals surface area contributed by atoms with Gasteiger partial charge in [0.2, 0.25) is 5.91 Å². The molecule has 3 N–H and O–H groups in total. The Morgan fingerprint density at radius 3 is 2.80 bits per heavy atom. The van der Waals surface area contributed by atoms with Crippen molar-refractivity contribution in [2.45, 2.75) is 45.6 Å². The second kappa shape index (κ2) is 7.35. The number of amides is 1. The van der Waals surface area contributed by atoms with E-state index in [1.165, 1.54) is 11.3 Å². The van der Waals surface area contributed by atoms with Gasteiger partial charge < -0.3 is 15.8 Å². The van der Waals surface area contributed by atoms with Crippen LogP contribution < -0.4 is 11.1 Å². The molecule has 1 heterocycles. The van der Waals surface area contributed by atoms with Gasteiger partial charge in [0.05, 0.1) is 24.3 Å². The van der Waals surface area contributed by atoms with Crippen molar-refractivity contribution in [3.8, 4) is 0 Å². The van der Waals surface area contributed by atoms with E-state index < -0.39 is 5.54 Å². The largest absolute Gasteiger partial charge is 0.466 e. The van der Waals surface area contributed by atoms with Crippen LogP contribution >= 0.6 is 11.3 Å². The van der Waals surface area contributed by atoms with Crippen molar-refractivity contribution in [3.63, 3.8) is 0 Å². The summed E-state index contributed by atoms with van der Waals surface area (Å²) in [6.45, 7) is 5.76. The predicted molar refractivity (Wildman–Crippen MR) is 78.6 cm³/mol. The molecular formula is C13H21N3O3S. The lowest BCUT2D eigenvalue weighted by Crippen LogP contribution is -2.48. The molecule has 0 aliphatic heterocycles. The van der Waals surface area contributed by atoms with Gasteiger partial charge in [-0.3, -0.25) is 9.59 Å². The summed E-state index contributed by atoms with van der Waals surface area (Å²) in [4.78, 5) is 27.5. The number of nitrogens with two attached hydrogens (primary N) is 1. The van der Waals surface area contributed by atoms with Gasteiger partial charge in [-0.25, -0.2) is 4.98 Å². The maximum absolute atomic E-state index is 12.0. The third-order valence-corrected chi connectivity index (χ3v) is 3.50. The summed E-state index contributed by atoms with van der Waals surface area (Å²) >= 11 is 1.27. The number of anilines is 1. The Morgan fingerprint density at radius 2 is 2.20 bits per heavy atom. The molecule has 20 heavy (non-hydrogen) atoms. The van der Waals surface area contributed by atoms with E-state index >= 15 is 0 Å². The summed E-state index contributed by atoms with van der Waals surface area (Å²) in [7, 11) is 0. The van der Waals surface area contributed by atoms with Crippen LogP contribution in [0.3, 0.4) is 0 Å². The third kappa shape index (κ3) is 4.90. The van der Waals surface area contributed by atoms with Crippen LogP contribution in [0.15, 0.2) is 5.38 Å². The van der Waals surface area contributed by atoms with E-state index in [2.05, 4.69) is 10.3 Å². The summed E-state index contributed by atoms with van der Waals surface area (Å²) in [6, 6.07) is 0. The lowest BCUT2D eigenvalue weighted by Gasteiger charge is -2.21. The molecule has 1 rings (SSSR count). The molecule has 0 aliphatic carbocycles. The minimum Gasteiger partial charge on any atom is -0.466 e. The number of hydrogen-bond acceptors (Lipinski definition) is 6. The summed E-state index contributed by atoms with van der Waals surface area (Å²) in [5.74, 6) is -0.596. The van der Waals surface area contributed by atoms with Crippen molar-refractivity contribution in [1.82, 2.24) is 4.98 Å². The van der Waals surface area contributed by atoms with Crippen molar-refractivity contribution < 1.29 is 14.3 Å². The van der Waals surface area contributed by atoms with Gasteiger partial charge in [-0.05, 0) is 20.3 Å². The van der Waals surface area contributed by atoms with Gasteiger partial charge in [-0.1, -0.05) is 13.3 Å². The van der Waals surface area contributed by atoms with Crippen LogP contribution in [0.5, 0.6) is 0 Å². The fourth-order valence-electron chi connectivity index (χ4n) is 1.68. The van der Waals surface area contributed by atoms with Crippen molar-refractivity contribution in [2.24, 2.45) is 5.73 Å². The van der Waals surface area contributed by atoms with Gasteiger partial charge in [-0.15, -0.1) is 11.3 Å². The number of nitrogens with zero attached hydrogens (tertiary/aromatic N) is 1. The van der Waals surface area contributed by atoms with Gasteiger partial charge >= 0.3 is 5.97 Å². The molecule has 112 valence electrons. The normalized spacial score (nSPS) is 13.6. The highest BCUT2D eigenvalue weighted by Gasteiger charge is 2.27. The molecule has 1 atom stereocenters. The molecule has 1 amide bonds. The number of esters is 1. The minimum absolute atomic E-state index is 0.106. The Kier molecular flexibility index (Phi) is 6.09. The number of carbonyl (C=O) groups is 2. The van der Waals surface area contributed by atoms with Gasteiger partial charge in [0.1, 0.15) is 0 Å². The number of ether oxygens (including phenoxy) is 1. The number of carbonyl (C=O) groups excluding carboxylic acids is 2. The fourth-order valence-corrected chi connectivity index (χ4v) is 2.38. The summed E-state index contributed by atoms with van der Waals surface area (Å²) in [5, 5.41) is 4.85. The molecule has 6 nitrogen and oxygen atoms in total. The molecule has 0 aliphatic rings. The molecule has 0 saturated carbocycles. The number of rotatable bonds is 7. The topological polar surface area (TPSA) is 94.3 Å². The highest BCUT2D eigenvalue weighted by molar-refractivity contribution is 7.13. The van der Waals surface area contributed by atoms with Crippen LogP contribution in [-0.4, -0.2) is 29.0 Å². The standard InChI is InChI=1S/C13H21N3O3S/c1-4-6-13(3,14)11(18)16-12-15-9(8-20-12)7-10(17)19-5-2/h8H,4-7,14H2,1-3H3,(H,15,16,18). The average Bonchev–Trinajstić information content (AvgIpc) is 2.76. The van der Waals surface area contributed by atoms with Gasteiger partial charge in [0.15, 0.2) is 5.13 Å². The summed E-state index contributed by atoms with van der Waals surface area (Å²) < 4.78 is 4.84. The Bertz CT molecular complexity index is 471. The molecule has 7 heteroatoms. The maximum atomic E-state index is 12.0. The first-order valence-electron chi connectivity index (χ1n) is 6.59. The van der Waals surface area contributed by atoms with Crippen LogP contribution in [-0.2, 0) is 20.7 Å². The molecule has 1 unspecified atom stereocenters. The molecule has 1 aromatic heterocycles. The number of thiazole rings is 1. The molecular weight excluding hydrogens is 278 g/mol. The Morgan fingerprint density at radius 1 is 1.50 bits per heavy atom. The average molecular weight is 299 g/mol. The molecule has 1 aromatic rings. The SMILES string of the molecule is CCCC(C)(N)C(=O)Nc1nc(CC(=O)OCC)cs1. The Balaban J connectivity index is 2.60. The molecule has 0 fully saturated rings. The second-order valence-electron chi connectivity index (χ2n) is 4.75. The Hall–Kier alpha value is -1.47. The molecule has 0 saturated heterocycles. The van der Waals surface area contributed by atoms with E-state index in [9.17, 15) is 9.59 Å². The first-order chi connectivity index (χ1) is 9.39. The maximum Gasteiger partial charge on any atom is 0.311 e. The second-order valence-corrected chi connectivity index (χ2v) is 5.61. The monoisotopic (exact) mass is 299 g/mol. The van der Waals surface area contributed by atoms with Crippen molar-refractivity contribution in [1.29, 1.82) is 0 Å². The first kappa shape index (κ1) is 16.6. The van der Waals surface area contributed by atoms with Crippen LogP contribution in [0.4, 0.5) is 5.13 Å². The lowest BCUT2D eigenvalue weighted by atomic mass is 9.97. The summed E-state index contributed by atoms with van der Waals surface area (Å²) in [5.41, 5.74) is 5.60. The first-order valence-corrected chi connectivity index (χ1v) is 7.47. The van der Waals surface area contributed by atoms with E-state index in [0.29, 0.717) is 23.9 Å². The van der Waals surface area contributed by atoms with E-state index in [1.54, 1.807) is 19.2 Å². The van der Waals surface area contributed by atoms with E-state index in [0.717, 1.165) is 6.42 Å². The van der Waals surface area contributed by atoms with E-state index in [4.69, 9.17) is 10.5 Å². The van der Waals surface area contributed by atoms with Gasteiger partial charge in [-0.2, -0.15) is 0 Å². The number of nitrogens with one attached hydrogen (secondary N) is 1. The minimum atomic E-state index is -0.915. The summed E-state index contributed by atoms with van der Waals surface area (Å²) in [6.07, 6.45) is 1.53. The van der Waals surface area contributed by atoms with Crippen LogP contribution in [0.2, 0.25) is 0 Å². The Labute approximate surface area is 122 Å². The zero-order chi connectivity index (χ0) is 15.2. The lowest BCUT2D eigenvalue weighted by molar-refractivity contribution is -0.142. The van der Waals surface area contributed by atoms with Crippen LogP contribution in [0, 0.1) is 0 Å². The zero-order valence-corrected chi connectivity index (χ0v) is 12.9. The molecule has 0 radical (unpaired) electrons. The van der Waals surface area contributed by atoms with Crippen LogP contribution in [0.25, 0.3) is 0 Å². The van der Waals surface area contributed by atoms with Crippen molar-refractivity contribution >= 4 is 28.3 Å². The van der Waals surface area contributed by atoms with Crippen molar-refractivity contribution in [2.75, 3.05) is 11.9 Å². The van der Waals surface area contributed by atoms with E-state index in [-0.39, 0.29) is 18.3 Å². The predicted octanol–water partition coefficient (Wildman–Crippen LogP) is 1.70. The highest BCUT2D eigenvalue weighted by Crippen LogP contribution is 2.18. The van der Waals surface area contributed by atoms with Crippen LogP contribution in [0.1, 0.15) is 39.3 Å². The molecule has 0 spiro atoms. The van der Waals surface area contributed by atoms with Gasteiger partial charge in [0.25, 0.3) is 0 Å². The third-order valence-electron chi connectivity index (χ3n) is 2.69. The molecule has 0 aromatic carbocycles. The number of aromatic nitrogens is 1. The fraction of sp³-hybridized carbons (Fsp3) is 0.615. The smallest absolute Gasteiger partial charge is 0.311 e. The quantitative estimate of drug-likeness (QED) is 0.747. The van der Waals surface area contributed by atoms with E-state index in [1.807, 2.05) is 6.92 Å². The van der Waals surface area contributed by atoms with Gasteiger partial charge in [0, 0.05) is 5.38 Å². The highest BCUT2D eigenvalue weighted by atomic mass is 32.1. The van der Waals surface area contributed by atoms with Crippen molar-refractivity contribution in [3.05, 3.63) is 11.1 Å². The molecule has 0 bridgehead atoms. The number of hydrogen-bond donors (Lipinski definition) is 2. The zero-order valence-electron chi connectivity index (χ0n) is 12.1.